The van der Waals surface area contributed by atoms with Crippen molar-refractivity contribution in [1.29, 1.82) is 0 Å². The predicted molar refractivity (Wildman–Crippen MR) is 121 cm³/mol. The van der Waals surface area contributed by atoms with Crippen LogP contribution in [0.3, 0.4) is 0 Å². The second-order valence-electron chi connectivity index (χ2n) is 7.98. The van der Waals surface area contributed by atoms with Gasteiger partial charge in [0.2, 0.25) is 12.0 Å². The largest absolute Gasteiger partial charge is 0.489 e. The van der Waals surface area contributed by atoms with Gasteiger partial charge in [-0.15, -0.1) is 0 Å². The Morgan fingerprint density at radius 1 is 0.912 bits per heavy atom. The molecule has 0 aliphatic carbocycles. The fraction of sp³-hybridized carbons (Fsp3) is 0.231. The highest BCUT2D eigenvalue weighted by molar-refractivity contribution is 5.86. The Balaban J connectivity index is 1.29. The average molecular weight is 466 g/mol. The van der Waals surface area contributed by atoms with E-state index in [2.05, 4.69) is 9.98 Å². The summed E-state index contributed by atoms with van der Waals surface area (Å²) in [5.74, 6) is 0.973. The smallest absolute Gasteiger partial charge is 0.416 e. The van der Waals surface area contributed by atoms with Crippen molar-refractivity contribution in [3.63, 3.8) is 0 Å². The average Bonchev–Trinajstić information content (AvgIpc) is 3.53. The van der Waals surface area contributed by atoms with Crippen molar-refractivity contribution in [1.82, 2.24) is 0 Å². The normalized spacial score (nSPS) is 21.6. The van der Waals surface area contributed by atoms with E-state index in [-0.39, 0.29) is 24.1 Å². The molecular weight excluding hydrogens is 445 g/mol. The summed E-state index contributed by atoms with van der Waals surface area (Å²) in [7, 11) is 0. The Bertz CT molecular complexity index is 1190. The number of hydrogen-bond acceptors (Lipinski definition) is 5. The lowest BCUT2D eigenvalue weighted by Gasteiger charge is -2.20. The van der Waals surface area contributed by atoms with Gasteiger partial charge in [-0.2, -0.15) is 13.2 Å². The van der Waals surface area contributed by atoms with E-state index in [1.165, 1.54) is 18.5 Å². The monoisotopic (exact) mass is 466 g/mol. The van der Waals surface area contributed by atoms with Gasteiger partial charge in [-0.05, 0) is 34.9 Å². The van der Waals surface area contributed by atoms with Crippen molar-refractivity contribution >= 4 is 12.3 Å². The van der Waals surface area contributed by atoms with Gasteiger partial charge in [0.1, 0.15) is 31.0 Å². The van der Waals surface area contributed by atoms with Gasteiger partial charge < -0.3 is 14.2 Å². The predicted octanol–water partition coefficient (Wildman–Crippen LogP) is 5.92. The van der Waals surface area contributed by atoms with Gasteiger partial charge in [0.25, 0.3) is 0 Å². The number of alkyl halides is 3. The lowest BCUT2D eigenvalue weighted by Crippen LogP contribution is -2.28. The molecule has 8 heteroatoms. The first-order valence-corrected chi connectivity index (χ1v) is 10.8. The van der Waals surface area contributed by atoms with Crippen molar-refractivity contribution in [2.75, 3.05) is 6.61 Å². The minimum atomic E-state index is -4.50. The van der Waals surface area contributed by atoms with Gasteiger partial charge in [-0.3, -0.25) is 0 Å². The standard InChI is InChI=1S/C26H21F3N2O3/c27-26(28,29)21-9-5-4-8-20(21)23-24(34-16-30-23)25-31-22(15-33-25)18-10-12-19(13-11-18)32-14-17-6-2-1-3-7-17/h1-13,16,22-24H,14-15H2. The maximum absolute atomic E-state index is 13.5. The molecule has 2 heterocycles. The Morgan fingerprint density at radius 3 is 2.41 bits per heavy atom. The number of benzene rings is 3. The maximum atomic E-state index is 13.5. The quantitative estimate of drug-likeness (QED) is 0.453. The zero-order chi connectivity index (χ0) is 23.5. The summed E-state index contributed by atoms with van der Waals surface area (Å²) in [4.78, 5) is 8.73. The second-order valence-corrected chi connectivity index (χ2v) is 7.98. The Hall–Kier alpha value is -3.81. The molecule has 0 amide bonds. The highest BCUT2D eigenvalue weighted by Gasteiger charge is 2.42. The van der Waals surface area contributed by atoms with E-state index in [9.17, 15) is 13.2 Å². The molecule has 3 aromatic carbocycles. The van der Waals surface area contributed by atoms with Crippen molar-refractivity contribution in [2.24, 2.45) is 9.98 Å². The lowest BCUT2D eigenvalue weighted by atomic mass is 9.96. The minimum Gasteiger partial charge on any atom is -0.489 e. The van der Waals surface area contributed by atoms with E-state index in [4.69, 9.17) is 14.2 Å². The minimum absolute atomic E-state index is 0.0309. The van der Waals surface area contributed by atoms with Gasteiger partial charge in [-0.25, -0.2) is 9.98 Å². The van der Waals surface area contributed by atoms with Crippen LogP contribution in [-0.4, -0.2) is 25.0 Å². The van der Waals surface area contributed by atoms with Gasteiger partial charge in [-0.1, -0.05) is 60.7 Å². The molecule has 0 N–H and O–H groups in total. The summed E-state index contributed by atoms with van der Waals surface area (Å²) < 4.78 is 57.6. The summed E-state index contributed by atoms with van der Waals surface area (Å²) in [6.07, 6.45) is -4.17. The molecule has 2 aliphatic rings. The van der Waals surface area contributed by atoms with Crippen LogP contribution in [-0.2, 0) is 22.3 Å². The third-order valence-electron chi connectivity index (χ3n) is 5.73. The number of ether oxygens (including phenoxy) is 3. The van der Waals surface area contributed by atoms with Crippen LogP contribution in [0, 0.1) is 0 Å². The molecule has 3 unspecified atom stereocenters. The van der Waals surface area contributed by atoms with Crippen molar-refractivity contribution in [3.8, 4) is 5.75 Å². The first-order valence-electron chi connectivity index (χ1n) is 10.8. The number of nitrogens with zero attached hydrogens (tertiary/aromatic N) is 2. The highest BCUT2D eigenvalue weighted by Crippen LogP contribution is 2.40. The summed E-state index contributed by atoms with van der Waals surface area (Å²) in [5, 5.41) is 0. The first-order chi connectivity index (χ1) is 16.5. The summed E-state index contributed by atoms with van der Waals surface area (Å²) >= 11 is 0. The first kappa shape index (κ1) is 22.0. The van der Waals surface area contributed by atoms with Crippen LogP contribution in [0.2, 0.25) is 0 Å². The van der Waals surface area contributed by atoms with Gasteiger partial charge in [0, 0.05) is 0 Å². The third kappa shape index (κ3) is 4.62. The number of aliphatic imine (C=N–C) groups is 2. The molecule has 0 saturated heterocycles. The second kappa shape index (κ2) is 9.21. The summed E-state index contributed by atoms with van der Waals surface area (Å²) in [6, 6.07) is 21.6. The van der Waals surface area contributed by atoms with Crippen LogP contribution in [0.1, 0.15) is 34.3 Å². The van der Waals surface area contributed by atoms with Crippen LogP contribution in [0.5, 0.6) is 5.75 Å². The van der Waals surface area contributed by atoms with Crippen molar-refractivity contribution < 1.29 is 27.4 Å². The molecule has 2 aliphatic heterocycles. The topological polar surface area (TPSA) is 52.4 Å². The maximum Gasteiger partial charge on any atom is 0.416 e. The lowest BCUT2D eigenvalue weighted by molar-refractivity contribution is -0.138. The zero-order valence-corrected chi connectivity index (χ0v) is 18.0. The molecule has 0 bridgehead atoms. The fourth-order valence-electron chi connectivity index (χ4n) is 4.01. The Kier molecular flexibility index (Phi) is 5.96. The van der Waals surface area contributed by atoms with Crippen LogP contribution in [0.15, 0.2) is 88.8 Å². The molecule has 0 fully saturated rings. The molecule has 34 heavy (non-hydrogen) atoms. The molecular formula is C26H21F3N2O3. The Morgan fingerprint density at radius 2 is 1.65 bits per heavy atom. The van der Waals surface area contributed by atoms with Gasteiger partial charge >= 0.3 is 6.18 Å². The van der Waals surface area contributed by atoms with E-state index in [0.29, 0.717) is 6.61 Å². The summed E-state index contributed by atoms with van der Waals surface area (Å²) in [6.45, 7) is 0.738. The van der Waals surface area contributed by atoms with E-state index >= 15 is 0 Å². The van der Waals surface area contributed by atoms with Crippen LogP contribution >= 0.6 is 0 Å². The molecule has 5 rings (SSSR count). The zero-order valence-electron chi connectivity index (χ0n) is 18.0. The highest BCUT2D eigenvalue weighted by atomic mass is 19.4. The molecule has 0 spiro atoms. The van der Waals surface area contributed by atoms with E-state index in [1.807, 2.05) is 54.6 Å². The van der Waals surface area contributed by atoms with Crippen molar-refractivity contribution in [2.45, 2.75) is 31.0 Å². The molecule has 0 radical (unpaired) electrons. The molecule has 5 nitrogen and oxygen atoms in total. The SMILES string of the molecule is FC(F)(F)c1ccccc1C1N=COC1C1=NC(c2ccc(OCc3ccccc3)cc2)CO1. The molecule has 3 atom stereocenters. The van der Waals surface area contributed by atoms with Crippen LogP contribution < -0.4 is 4.74 Å². The van der Waals surface area contributed by atoms with E-state index in [1.54, 1.807) is 6.07 Å². The number of halogens is 3. The molecule has 0 aromatic heterocycles. The fourth-order valence-corrected chi connectivity index (χ4v) is 4.01. The van der Waals surface area contributed by atoms with Crippen molar-refractivity contribution in [3.05, 3.63) is 101 Å². The van der Waals surface area contributed by atoms with Crippen LogP contribution in [0.4, 0.5) is 13.2 Å². The number of hydrogen-bond donors (Lipinski definition) is 0. The molecule has 0 saturated carbocycles. The number of rotatable bonds is 6. The molecule has 174 valence electrons. The molecule has 3 aromatic rings. The van der Waals surface area contributed by atoms with Gasteiger partial charge in [0.15, 0.2) is 6.40 Å². The van der Waals surface area contributed by atoms with Crippen LogP contribution in [0.25, 0.3) is 0 Å². The van der Waals surface area contributed by atoms with E-state index in [0.717, 1.165) is 22.9 Å². The van der Waals surface area contributed by atoms with Gasteiger partial charge in [0.05, 0.1) is 5.56 Å². The van der Waals surface area contributed by atoms with E-state index < -0.39 is 23.9 Å². The summed E-state index contributed by atoms with van der Waals surface area (Å²) in [5.41, 5.74) is 1.27. The Labute approximate surface area is 194 Å². The third-order valence-corrected chi connectivity index (χ3v) is 5.73.